The second-order valence-corrected chi connectivity index (χ2v) is 9.59. The van der Waals surface area contributed by atoms with Crippen LogP contribution >= 0.6 is 11.6 Å². The minimum absolute atomic E-state index is 0.0619. The van der Waals surface area contributed by atoms with Gasteiger partial charge in [-0.2, -0.15) is 4.31 Å². The predicted octanol–water partition coefficient (Wildman–Crippen LogP) is 3.40. The Morgan fingerprint density at radius 3 is 2.23 bits per heavy atom. The summed E-state index contributed by atoms with van der Waals surface area (Å²) in [7, 11) is -3.64. The van der Waals surface area contributed by atoms with Gasteiger partial charge in [0.05, 0.1) is 4.90 Å². The van der Waals surface area contributed by atoms with Crippen LogP contribution in [0, 0.1) is 0 Å². The number of nitrogens with zero attached hydrogens (tertiary/aromatic N) is 2. The fourth-order valence-corrected chi connectivity index (χ4v) is 5.13. The van der Waals surface area contributed by atoms with Gasteiger partial charge in [-0.3, -0.25) is 9.59 Å². The Balaban J connectivity index is 1.52. The van der Waals surface area contributed by atoms with Crippen LogP contribution in [0.25, 0.3) is 0 Å². The van der Waals surface area contributed by atoms with Crippen molar-refractivity contribution < 1.29 is 18.0 Å². The molecule has 1 fully saturated rings. The van der Waals surface area contributed by atoms with E-state index in [-0.39, 0.29) is 42.5 Å². The Kier molecular flexibility index (Phi) is 7.28. The lowest BCUT2D eigenvalue weighted by molar-refractivity contribution is -0.132. The minimum Gasteiger partial charge on any atom is -0.340 e. The van der Waals surface area contributed by atoms with E-state index in [1.807, 2.05) is 12.1 Å². The first-order chi connectivity index (χ1) is 14.3. The maximum Gasteiger partial charge on any atom is 0.243 e. The predicted molar refractivity (Wildman–Crippen MR) is 116 cm³/mol. The molecule has 0 atom stereocenters. The van der Waals surface area contributed by atoms with Gasteiger partial charge in [0.25, 0.3) is 0 Å². The maximum absolute atomic E-state index is 12.8. The molecule has 0 N–H and O–H groups in total. The number of carbonyl (C=O) groups is 2. The van der Waals surface area contributed by atoms with Crippen LogP contribution < -0.4 is 0 Å². The minimum atomic E-state index is -3.64. The average molecular weight is 449 g/mol. The molecule has 0 bridgehead atoms. The summed E-state index contributed by atoms with van der Waals surface area (Å²) in [4.78, 5) is 26.6. The normalized spacial score (nSPS) is 15.2. The number of rotatable bonds is 7. The molecule has 2 aromatic rings. The van der Waals surface area contributed by atoms with Crippen LogP contribution in [-0.2, 0) is 21.2 Å². The molecule has 0 saturated carbocycles. The summed E-state index contributed by atoms with van der Waals surface area (Å²) in [5.41, 5.74) is 1.77. The van der Waals surface area contributed by atoms with Crippen molar-refractivity contribution in [3.8, 4) is 0 Å². The monoisotopic (exact) mass is 448 g/mol. The standard InChI is InChI=1S/C22H25ClN2O4S/c1-2-17-6-8-18(9-7-17)21(26)10-11-22(27)24-12-14-25(15-13-24)30(28,29)20-5-3-4-19(23)16-20/h3-9,16H,2,10-15H2,1H3. The van der Waals surface area contributed by atoms with E-state index in [0.29, 0.717) is 23.7 Å². The van der Waals surface area contributed by atoms with Crippen LogP contribution in [-0.4, -0.2) is 55.5 Å². The SMILES string of the molecule is CCc1ccc(C(=O)CCC(=O)N2CCN(S(=O)(=O)c3cccc(Cl)c3)CC2)cc1. The van der Waals surface area contributed by atoms with Gasteiger partial charge in [-0.15, -0.1) is 0 Å². The van der Waals surface area contributed by atoms with Crippen molar-refractivity contribution in [1.82, 2.24) is 9.21 Å². The third kappa shape index (κ3) is 5.28. The van der Waals surface area contributed by atoms with Crippen molar-refractivity contribution in [3.63, 3.8) is 0 Å². The molecule has 1 aliphatic heterocycles. The Morgan fingerprint density at radius 2 is 1.63 bits per heavy atom. The summed E-state index contributed by atoms with van der Waals surface area (Å²) >= 11 is 5.91. The zero-order valence-electron chi connectivity index (χ0n) is 16.9. The number of Topliss-reactive ketones (excluding diaryl/α,β-unsaturated/α-hetero) is 1. The molecule has 0 unspecified atom stereocenters. The van der Waals surface area contributed by atoms with Crippen LogP contribution in [0.3, 0.4) is 0 Å². The lowest BCUT2D eigenvalue weighted by Gasteiger charge is -2.34. The van der Waals surface area contributed by atoms with Crippen molar-refractivity contribution in [3.05, 3.63) is 64.7 Å². The van der Waals surface area contributed by atoms with Crippen molar-refractivity contribution >= 4 is 33.3 Å². The number of carbonyl (C=O) groups excluding carboxylic acids is 2. The second-order valence-electron chi connectivity index (χ2n) is 7.22. The number of aryl methyl sites for hydroxylation is 1. The molecule has 1 saturated heterocycles. The van der Waals surface area contributed by atoms with E-state index >= 15 is 0 Å². The third-order valence-corrected chi connectivity index (χ3v) is 7.41. The Bertz CT molecular complexity index is 1010. The highest BCUT2D eigenvalue weighted by Gasteiger charge is 2.30. The van der Waals surface area contributed by atoms with E-state index in [1.54, 1.807) is 29.2 Å². The number of halogens is 1. The van der Waals surface area contributed by atoms with E-state index < -0.39 is 10.0 Å². The highest BCUT2D eigenvalue weighted by Crippen LogP contribution is 2.21. The Labute approximate surface area is 182 Å². The van der Waals surface area contributed by atoms with Crippen LogP contribution in [0.15, 0.2) is 53.4 Å². The van der Waals surface area contributed by atoms with Gasteiger partial charge in [0.15, 0.2) is 5.78 Å². The number of hydrogen-bond donors (Lipinski definition) is 0. The van der Waals surface area contributed by atoms with Crippen molar-refractivity contribution in [2.75, 3.05) is 26.2 Å². The van der Waals surface area contributed by atoms with E-state index in [9.17, 15) is 18.0 Å². The van der Waals surface area contributed by atoms with Crippen LogP contribution in [0.5, 0.6) is 0 Å². The quantitative estimate of drug-likeness (QED) is 0.608. The smallest absolute Gasteiger partial charge is 0.243 e. The molecule has 2 aromatic carbocycles. The number of benzene rings is 2. The molecule has 0 aromatic heterocycles. The molecule has 0 radical (unpaired) electrons. The van der Waals surface area contributed by atoms with E-state index in [2.05, 4.69) is 6.92 Å². The fourth-order valence-electron chi connectivity index (χ4n) is 3.40. The van der Waals surface area contributed by atoms with Crippen LogP contribution in [0.2, 0.25) is 5.02 Å². The van der Waals surface area contributed by atoms with Crippen molar-refractivity contribution in [1.29, 1.82) is 0 Å². The summed E-state index contributed by atoms with van der Waals surface area (Å²) in [5, 5.41) is 0.360. The molecule has 0 spiro atoms. The molecule has 0 aliphatic carbocycles. The number of amides is 1. The molecule has 3 rings (SSSR count). The number of hydrogen-bond acceptors (Lipinski definition) is 4. The third-order valence-electron chi connectivity index (χ3n) is 5.28. The molecule has 30 heavy (non-hydrogen) atoms. The average Bonchev–Trinajstić information content (AvgIpc) is 2.77. The fraction of sp³-hybridized carbons (Fsp3) is 0.364. The van der Waals surface area contributed by atoms with Gasteiger partial charge in [0.1, 0.15) is 0 Å². The van der Waals surface area contributed by atoms with Gasteiger partial charge in [-0.25, -0.2) is 8.42 Å². The lowest BCUT2D eigenvalue weighted by Crippen LogP contribution is -2.50. The molecular weight excluding hydrogens is 424 g/mol. The number of ketones is 1. The second kappa shape index (κ2) is 9.73. The maximum atomic E-state index is 12.8. The Morgan fingerprint density at radius 1 is 0.967 bits per heavy atom. The summed E-state index contributed by atoms with van der Waals surface area (Å²) in [6, 6.07) is 13.6. The topological polar surface area (TPSA) is 74.8 Å². The molecule has 6 nitrogen and oxygen atoms in total. The first-order valence-electron chi connectivity index (χ1n) is 9.97. The zero-order valence-corrected chi connectivity index (χ0v) is 18.5. The molecule has 1 amide bonds. The Hall–Kier alpha value is -2.22. The van der Waals surface area contributed by atoms with E-state index in [0.717, 1.165) is 12.0 Å². The van der Waals surface area contributed by atoms with Crippen molar-refractivity contribution in [2.45, 2.75) is 31.1 Å². The summed E-state index contributed by atoms with van der Waals surface area (Å²) in [5.74, 6) is -0.193. The van der Waals surface area contributed by atoms with Gasteiger partial charge >= 0.3 is 0 Å². The van der Waals surface area contributed by atoms with Gasteiger partial charge < -0.3 is 4.90 Å². The summed E-state index contributed by atoms with van der Waals surface area (Å²) in [6.45, 7) is 3.09. The van der Waals surface area contributed by atoms with E-state index in [1.165, 1.54) is 16.4 Å². The highest BCUT2D eigenvalue weighted by atomic mass is 35.5. The first-order valence-corrected chi connectivity index (χ1v) is 11.8. The van der Waals surface area contributed by atoms with E-state index in [4.69, 9.17) is 11.6 Å². The number of sulfonamides is 1. The highest BCUT2D eigenvalue weighted by molar-refractivity contribution is 7.89. The molecule has 160 valence electrons. The molecule has 1 aliphatic rings. The summed E-state index contributed by atoms with van der Waals surface area (Å²) in [6.07, 6.45) is 1.17. The van der Waals surface area contributed by atoms with Crippen molar-refractivity contribution in [2.24, 2.45) is 0 Å². The van der Waals surface area contributed by atoms with Crippen LogP contribution in [0.4, 0.5) is 0 Å². The largest absolute Gasteiger partial charge is 0.340 e. The van der Waals surface area contributed by atoms with Crippen LogP contribution in [0.1, 0.15) is 35.7 Å². The van der Waals surface area contributed by atoms with Gasteiger partial charge in [-0.1, -0.05) is 48.9 Å². The number of piperazine rings is 1. The molecular formula is C22H25ClN2O4S. The summed E-state index contributed by atoms with van der Waals surface area (Å²) < 4.78 is 26.9. The molecule has 1 heterocycles. The molecule has 8 heteroatoms. The zero-order chi connectivity index (χ0) is 21.7. The lowest BCUT2D eigenvalue weighted by atomic mass is 10.0. The van der Waals surface area contributed by atoms with Gasteiger partial charge in [-0.05, 0) is 30.2 Å². The first kappa shape index (κ1) is 22.5. The van der Waals surface area contributed by atoms with Gasteiger partial charge in [0.2, 0.25) is 15.9 Å². The van der Waals surface area contributed by atoms with Gasteiger partial charge in [0, 0.05) is 49.6 Å².